The van der Waals surface area contributed by atoms with E-state index in [1.807, 2.05) is 0 Å². The van der Waals surface area contributed by atoms with Gasteiger partial charge in [0.1, 0.15) is 0 Å². The van der Waals surface area contributed by atoms with E-state index in [4.69, 9.17) is 0 Å². The van der Waals surface area contributed by atoms with Crippen LogP contribution in [0.15, 0.2) is 24.3 Å². The maximum atomic E-state index is 3.53. The minimum atomic E-state index is 0.690. The van der Waals surface area contributed by atoms with Crippen LogP contribution >= 0.6 is 0 Å². The maximum absolute atomic E-state index is 3.53. The summed E-state index contributed by atoms with van der Waals surface area (Å²) < 4.78 is 0. The molecular formula is C17H27N3. The highest BCUT2D eigenvalue weighted by Crippen LogP contribution is 2.33. The van der Waals surface area contributed by atoms with Gasteiger partial charge in [0.2, 0.25) is 0 Å². The zero-order valence-electron chi connectivity index (χ0n) is 12.8. The maximum Gasteiger partial charge on any atom is 0.0376 e. The van der Waals surface area contributed by atoms with Crippen LogP contribution < -0.4 is 5.32 Å². The third-order valence-corrected chi connectivity index (χ3v) is 4.99. The van der Waals surface area contributed by atoms with E-state index < -0.39 is 0 Å². The van der Waals surface area contributed by atoms with Gasteiger partial charge in [0.05, 0.1) is 0 Å². The first-order valence-electron chi connectivity index (χ1n) is 7.95. The summed E-state index contributed by atoms with van der Waals surface area (Å²) in [6.07, 6.45) is 3.97. The summed E-state index contributed by atoms with van der Waals surface area (Å²) in [6, 6.07) is 9.53. The summed E-state index contributed by atoms with van der Waals surface area (Å²) in [5, 5.41) is 3.53. The highest BCUT2D eigenvalue weighted by Gasteiger charge is 2.24. The molecule has 0 aliphatic carbocycles. The molecule has 20 heavy (non-hydrogen) atoms. The quantitative estimate of drug-likeness (QED) is 0.910. The summed E-state index contributed by atoms with van der Waals surface area (Å²) in [5.41, 5.74) is 2.86. The van der Waals surface area contributed by atoms with Crippen LogP contribution in [0.4, 0.5) is 5.69 Å². The number of nitrogens with zero attached hydrogens (tertiary/aromatic N) is 2. The smallest absolute Gasteiger partial charge is 0.0376 e. The number of hydrogen-bond donors (Lipinski definition) is 1. The van der Waals surface area contributed by atoms with Gasteiger partial charge in [-0.1, -0.05) is 18.2 Å². The lowest BCUT2D eigenvalue weighted by molar-refractivity contribution is 0.132. The molecule has 3 rings (SSSR count). The zero-order chi connectivity index (χ0) is 13.9. The van der Waals surface area contributed by atoms with Crippen molar-refractivity contribution in [1.82, 2.24) is 9.80 Å². The number of anilines is 1. The summed E-state index contributed by atoms with van der Waals surface area (Å²) in [7, 11) is 4.55. The summed E-state index contributed by atoms with van der Waals surface area (Å²) >= 11 is 0. The number of nitrogens with one attached hydrogen (secondary N) is 1. The predicted molar refractivity (Wildman–Crippen MR) is 85.4 cm³/mol. The topological polar surface area (TPSA) is 18.5 Å². The van der Waals surface area contributed by atoms with Crippen LogP contribution in [0.25, 0.3) is 0 Å². The molecule has 0 bridgehead atoms. The van der Waals surface area contributed by atoms with E-state index in [0.29, 0.717) is 5.92 Å². The Kier molecular flexibility index (Phi) is 4.27. The van der Waals surface area contributed by atoms with Gasteiger partial charge in [0.15, 0.2) is 0 Å². The van der Waals surface area contributed by atoms with E-state index in [9.17, 15) is 0 Å². The van der Waals surface area contributed by atoms with E-state index in [1.54, 1.807) is 0 Å². The molecule has 1 aromatic rings. The molecule has 2 heterocycles. The lowest BCUT2D eigenvalue weighted by Gasteiger charge is -2.36. The van der Waals surface area contributed by atoms with Crippen molar-refractivity contribution in [2.45, 2.75) is 31.2 Å². The Hall–Kier alpha value is -1.06. The first-order chi connectivity index (χ1) is 9.74. The van der Waals surface area contributed by atoms with E-state index in [0.717, 1.165) is 12.6 Å². The first-order valence-corrected chi connectivity index (χ1v) is 7.95. The molecule has 0 spiro atoms. The SMILES string of the molecule is CN1CCCC(N(C)CCC2CNc3ccccc32)C1. The molecule has 1 aromatic carbocycles. The fourth-order valence-corrected chi connectivity index (χ4v) is 3.66. The van der Waals surface area contributed by atoms with E-state index in [-0.39, 0.29) is 0 Å². The van der Waals surface area contributed by atoms with Gasteiger partial charge in [-0.15, -0.1) is 0 Å². The van der Waals surface area contributed by atoms with Crippen LogP contribution in [0, 0.1) is 0 Å². The Morgan fingerprint density at radius 2 is 2.20 bits per heavy atom. The number of para-hydroxylation sites is 1. The second kappa shape index (κ2) is 6.15. The molecule has 2 aliphatic heterocycles. The Morgan fingerprint density at radius 3 is 3.05 bits per heavy atom. The number of hydrogen-bond acceptors (Lipinski definition) is 3. The number of fused-ring (bicyclic) bond motifs is 1. The highest BCUT2D eigenvalue weighted by molar-refractivity contribution is 5.57. The van der Waals surface area contributed by atoms with Crippen LogP contribution in [-0.2, 0) is 0 Å². The van der Waals surface area contributed by atoms with Crippen molar-refractivity contribution in [2.24, 2.45) is 0 Å². The van der Waals surface area contributed by atoms with Crippen LogP contribution in [0.1, 0.15) is 30.7 Å². The fourth-order valence-electron chi connectivity index (χ4n) is 3.66. The van der Waals surface area contributed by atoms with Crippen LogP contribution in [-0.4, -0.2) is 56.1 Å². The van der Waals surface area contributed by atoms with Crippen molar-refractivity contribution in [3.8, 4) is 0 Å². The van der Waals surface area contributed by atoms with Gasteiger partial charge >= 0.3 is 0 Å². The van der Waals surface area contributed by atoms with Crippen molar-refractivity contribution < 1.29 is 0 Å². The average molecular weight is 273 g/mol. The highest BCUT2D eigenvalue weighted by atomic mass is 15.2. The van der Waals surface area contributed by atoms with Crippen LogP contribution in [0.5, 0.6) is 0 Å². The number of rotatable bonds is 4. The second-order valence-corrected chi connectivity index (χ2v) is 6.49. The predicted octanol–water partition coefficient (Wildman–Crippen LogP) is 2.61. The van der Waals surface area contributed by atoms with Gasteiger partial charge in [0, 0.05) is 30.7 Å². The molecule has 0 saturated carbocycles. The molecule has 3 heteroatoms. The van der Waals surface area contributed by atoms with Gasteiger partial charge in [-0.3, -0.25) is 0 Å². The third-order valence-electron chi connectivity index (χ3n) is 4.99. The molecule has 110 valence electrons. The average Bonchev–Trinajstić information content (AvgIpc) is 2.88. The molecular weight excluding hydrogens is 246 g/mol. The van der Waals surface area contributed by atoms with Gasteiger partial charge in [-0.25, -0.2) is 0 Å². The van der Waals surface area contributed by atoms with Gasteiger partial charge in [-0.05, 0) is 58.1 Å². The number of benzene rings is 1. The van der Waals surface area contributed by atoms with E-state index in [2.05, 4.69) is 53.5 Å². The lowest BCUT2D eigenvalue weighted by Crippen LogP contribution is -2.45. The molecule has 2 atom stereocenters. The molecule has 1 saturated heterocycles. The Balaban J connectivity index is 1.52. The zero-order valence-corrected chi connectivity index (χ0v) is 12.8. The van der Waals surface area contributed by atoms with Crippen molar-refractivity contribution in [2.75, 3.05) is 45.6 Å². The molecule has 1 N–H and O–H groups in total. The Labute approximate surface area is 123 Å². The van der Waals surface area contributed by atoms with Crippen LogP contribution in [0.2, 0.25) is 0 Å². The van der Waals surface area contributed by atoms with Crippen LogP contribution in [0.3, 0.4) is 0 Å². The molecule has 0 aromatic heterocycles. The largest absolute Gasteiger partial charge is 0.384 e. The molecule has 2 aliphatic rings. The fraction of sp³-hybridized carbons (Fsp3) is 0.647. The summed E-state index contributed by atoms with van der Waals surface area (Å²) in [5.74, 6) is 0.690. The normalized spacial score (nSPS) is 26.6. The summed E-state index contributed by atoms with van der Waals surface area (Å²) in [6.45, 7) is 4.82. The van der Waals surface area contributed by atoms with Crippen molar-refractivity contribution in [1.29, 1.82) is 0 Å². The Bertz CT molecular complexity index is 446. The minimum absolute atomic E-state index is 0.690. The van der Waals surface area contributed by atoms with Crippen molar-refractivity contribution in [3.63, 3.8) is 0 Å². The van der Waals surface area contributed by atoms with E-state index in [1.165, 1.54) is 50.1 Å². The Morgan fingerprint density at radius 1 is 1.35 bits per heavy atom. The van der Waals surface area contributed by atoms with E-state index >= 15 is 0 Å². The second-order valence-electron chi connectivity index (χ2n) is 6.49. The molecule has 3 nitrogen and oxygen atoms in total. The van der Waals surface area contributed by atoms with Gasteiger partial charge in [0.25, 0.3) is 0 Å². The molecule has 0 radical (unpaired) electrons. The monoisotopic (exact) mass is 273 g/mol. The lowest BCUT2D eigenvalue weighted by atomic mass is 9.97. The molecule has 1 fully saturated rings. The van der Waals surface area contributed by atoms with Gasteiger partial charge in [-0.2, -0.15) is 0 Å². The standard InChI is InChI=1S/C17H27N3/c1-19-10-5-6-15(13-19)20(2)11-9-14-12-18-17-8-4-3-7-16(14)17/h3-4,7-8,14-15,18H,5-6,9-13H2,1-2H3. The molecule has 2 unspecified atom stereocenters. The minimum Gasteiger partial charge on any atom is -0.384 e. The number of likely N-dealkylation sites (tertiary alicyclic amines) is 1. The summed E-state index contributed by atoms with van der Waals surface area (Å²) in [4.78, 5) is 5.05. The van der Waals surface area contributed by atoms with Gasteiger partial charge < -0.3 is 15.1 Å². The first kappa shape index (κ1) is 13.9. The molecule has 0 amide bonds. The number of piperidine rings is 1. The van der Waals surface area contributed by atoms with Crippen molar-refractivity contribution >= 4 is 5.69 Å². The third kappa shape index (κ3) is 2.99. The number of likely N-dealkylation sites (N-methyl/N-ethyl adjacent to an activating group) is 2. The van der Waals surface area contributed by atoms with Crippen molar-refractivity contribution in [3.05, 3.63) is 29.8 Å².